The quantitative estimate of drug-likeness (QED) is 0.601. The van der Waals surface area contributed by atoms with Crippen LogP contribution in [-0.2, 0) is 6.42 Å². The molecular weight excluding hydrogens is 368 g/mol. The van der Waals surface area contributed by atoms with E-state index in [9.17, 15) is 5.11 Å². The van der Waals surface area contributed by atoms with Gasteiger partial charge >= 0.3 is 0 Å². The van der Waals surface area contributed by atoms with Crippen molar-refractivity contribution in [3.8, 4) is 28.6 Å². The maximum absolute atomic E-state index is 9.62. The molecule has 1 aromatic carbocycles. The predicted molar refractivity (Wildman–Crippen MR) is 112 cm³/mol. The SMILES string of the molecule is Cc1cc(-c2noc(-c3ccc(CC(C)C)nc3)n2)cc(C)c1OC[C@@H](O)CN. The number of pyridine rings is 1. The molecule has 0 unspecified atom stereocenters. The molecule has 0 radical (unpaired) electrons. The molecule has 0 saturated heterocycles. The van der Waals surface area contributed by atoms with Gasteiger partial charge in [-0.3, -0.25) is 4.98 Å². The first-order chi connectivity index (χ1) is 13.9. The highest BCUT2D eigenvalue weighted by atomic mass is 16.5. The molecular formula is C22H28N4O3. The van der Waals surface area contributed by atoms with Crippen LogP contribution in [0.1, 0.15) is 30.7 Å². The normalized spacial score (nSPS) is 12.4. The summed E-state index contributed by atoms with van der Waals surface area (Å²) in [5.74, 6) is 2.23. The van der Waals surface area contributed by atoms with Gasteiger partial charge < -0.3 is 20.1 Å². The first kappa shape index (κ1) is 21.0. The molecule has 0 amide bonds. The molecule has 3 rings (SSSR count). The third kappa shape index (κ3) is 5.19. The Balaban J connectivity index is 1.79. The molecule has 0 saturated carbocycles. The van der Waals surface area contributed by atoms with Gasteiger partial charge in [-0.15, -0.1) is 0 Å². The van der Waals surface area contributed by atoms with Crippen LogP contribution in [0.2, 0.25) is 0 Å². The van der Waals surface area contributed by atoms with E-state index in [-0.39, 0.29) is 13.2 Å². The van der Waals surface area contributed by atoms with Gasteiger partial charge in [-0.2, -0.15) is 4.98 Å². The van der Waals surface area contributed by atoms with Crippen molar-refractivity contribution in [2.75, 3.05) is 13.2 Å². The van der Waals surface area contributed by atoms with Crippen LogP contribution >= 0.6 is 0 Å². The molecule has 3 aromatic rings. The summed E-state index contributed by atoms with van der Waals surface area (Å²) in [6.45, 7) is 8.54. The maximum atomic E-state index is 9.62. The summed E-state index contributed by atoms with van der Waals surface area (Å²) in [5, 5.41) is 13.7. The van der Waals surface area contributed by atoms with Gasteiger partial charge in [-0.1, -0.05) is 19.0 Å². The summed E-state index contributed by atoms with van der Waals surface area (Å²) in [4.78, 5) is 9.01. The topological polar surface area (TPSA) is 107 Å². The van der Waals surface area contributed by atoms with Crippen LogP contribution in [0.3, 0.4) is 0 Å². The highest BCUT2D eigenvalue weighted by Gasteiger charge is 2.15. The highest BCUT2D eigenvalue weighted by molar-refractivity contribution is 5.63. The van der Waals surface area contributed by atoms with E-state index in [0.717, 1.165) is 40.1 Å². The number of nitrogens with two attached hydrogens (primary N) is 1. The van der Waals surface area contributed by atoms with Crippen molar-refractivity contribution in [3.05, 3.63) is 47.3 Å². The molecule has 2 aromatic heterocycles. The fourth-order valence-electron chi connectivity index (χ4n) is 3.10. The number of hydrogen-bond acceptors (Lipinski definition) is 7. The van der Waals surface area contributed by atoms with E-state index in [4.69, 9.17) is 15.0 Å². The number of benzene rings is 1. The van der Waals surface area contributed by atoms with Crippen LogP contribution in [0.4, 0.5) is 0 Å². The fourth-order valence-corrected chi connectivity index (χ4v) is 3.10. The molecule has 0 aliphatic heterocycles. The second-order valence-corrected chi connectivity index (χ2v) is 7.70. The lowest BCUT2D eigenvalue weighted by atomic mass is 10.1. The average molecular weight is 396 g/mol. The van der Waals surface area contributed by atoms with Crippen LogP contribution in [0.15, 0.2) is 35.0 Å². The third-order valence-electron chi connectivity index (χ3n) is 4.53. The van der Waals surface area contributed by atoms with E-state index in [1.807, 2.05) is 38.1 Å². The summed E-state index contributed by atoms with van der Waals surface area (Å²) in [6.07, 6.45) is 2.02. The van der Waals surface area contributed by atoms with Crippen molar-refractivity contribution in [2.45, 2.75) is 40.2 Å². The van der Waals surface area contributed by atoms with Crippen LogP contribution < -0.4 is 10.5 Å². The van der Waals surface area contributed by atoms with Gasteiger partial charge in [0.15, 0.2) is 0 Å². The lowest BCUT2D eigenvalue weighted by molar-refractivity contribution is 0.113. The Morgan fingerprint density at radius 1 is 1.14 bits per heavy atom. The van der Waals surface area contributed by atoms with Gasteiger partial charge in [0, 0.05) is 24.0 Å². The molecule has 7 heteroatoms. The predicted octanol–water partition coefficient (Wildman–Crippen LogP) is 3.31. The first-order valence-electron chi connectivity index (χ1n) is 9.79. The van der Waals surface area contributed by atoms with Gasteiger partial charge in [-0.25, -0.2) is 0 Å². The minimum atomic E-state index is -0.686. The molecule has 0 bridgehead atoms. The lowest BCUT2D eigenvalue weighted by Gasteiger charge is -2.15. The van der Waals surface area contributed by atoms with Gasteiger partial charge in [0.2, 0.25) is 5.82 Å². The first-order valence-corrected chi connectivity index (χ1v) is 9.79. The lowest BCUT2D eigenvalue weighted by Crippen LogP contribution is -2.26. The molecule has 0 aliphatic rings. The number of ether oxygens (including phenoxy) is 1. The zero-order valence-electron chi connectivity index (χ0n) is 17.3. The summed E-state index contributed by atoms with van der Waals surface area (Å²) in [6, 6.07) is 7.83. The van der Waals surface area contributed by atoms with Crippen molar-refractivity contribution in [2.24, 2.45) is 11.7 Å². The van der Waals surface area contributed by atoms with Crippen LogP contribution in [-0.4, -0.2) is 39.5 Å². The van der Waals surface area contributed by atoms with E-state index < -0.39 is 6.10 Å². The Morgan fingerprint density at radius 2 is 1.86 bits per heavy atom. The van der Waals surface area contributed by atoms with Gasteiger partial charge in [0.05, 0.1) is 5.56 Å². The Morgan fingerprint density at radius 3 is 2.45 bits per heavy atom. The largest absolute Gasteiger partial charge is 0.490 e. The summed E-state index contributed by atoms with van der Waals surface area (Å²) < 4.78 is 11.2. The Kier molecular flexibility index (Phi) is 6.61. The Hall–Kier alpha value is -2.77. The second-order valence-electron chi connectivity index (χ2n) is 7.70. The van der Waals surface area contributed by atoms with Gasteiger partial charge in [0.1, 0.15) is 18.5 Å². The number of rotatable bonds is 8. The number of aliphatic hydroxyl groups excluding tert-OH is 1. The molecule has 2 heterocycles. The van der Waals surface area contributed by atoms with Crippen molar-refractivity contribution in [3.63, 3.8) is 0 Å². The van der Waals surface area contributed by atoms with E-state index >= 15 is 0 Å². The number of aliphatic hydroxyl groups is 1. The van der Waals surface area contributed by atoms with Crippen LogP contribution in [0, 0.1) is 19.8 Å². The average Bonchev–Trinajstić information content (AvgIpc) is 3.17. The molecule has 7 nitrogen and oxygen atoms in total. The highest BCUT2D eigenvalue weighted by Crippen LogP contribution is 2.30. The van der Waals surface area contributed by atoms with E-state index in [1.165, 1.54) is 0 Å². The van der Waals surface area contributed by atoms with E-state index in [2.05, 4.69) is 29.0 Å². The third-order valence-corrected chi connectivity index (χ3v) is 4.53. The monoisotopic (exact) mass is 396 g/mol. The second kappa shape index (κ2) is 9.15. The number of hydrogen-bond donors (Lipinski definition) is 2. The minimum absolute atomic E-state index is 0.156. The number of aromatic nitrogens is 3. The van der Waals surface area contributed by atoms with Crippen molar-refractivity contribution >= 4 is 0 Å². The standard InChI is InChI=1S/C22H28N4O3/c1-13(2)7-18-6-5-16(11-24-18)22-25-21(26-29-22)17-8-14(3)20(15(4)9-17)28-12-19(27)10-23/h5-6,8-9,11,13,19,27H,7,10,12,23H2,1-4H3/t19-/m0/s1. The molecule has 0 aliphatic carbocycles. The zero-order chi connectivity index (χ0) is 21.0. The van der Waals surface area contributed by atoms with Crippen molar-refractivity contribution in [1.82, 2.24) is 15.1 Å². The number of aryl methyl sites for hydroxylation is 2. The van der Waals surface area contributed by atoms with Gasteiger partial charge in [-0.05, 0) is 61.6 Å². The van der Waals surface area contributed by atoms with E-state index in [0.29, 0.717) is 17.6 Å². The number of nitrogens with zero attached hydrogens (tertiary/aromatic N) is 3. The smallest absolute Gasteiger partial charge is 0.259 e. The van der Waals surface area contributed by atoms with Gasteiger partial charge in [0.25, 0.3) is 5.89 Å². The van der Waals surface area contributed by atoms with Crippen LogP contribution in [0.25, 0.3) is 22.8 Å². The molecule has 0 spiro atoms. The maximum Gasteiger partial charge on any atom is 0.259 e. The summed E-state index contributed by atoms with van der Waals surface area (Å²) in [5.41, 5.74) is 9.96. The van der Waals surface area contributed by atoms with E-state index in [1.54, 1.807) is 6.20 Å². The van der Waals surface area contributed by atoms with Crippen molar-refractivity contribution < 1.29 is 14.4 Å². The summed E-state index contributed by atoms with van der Waals surface area (Å²) in [7, 11) is 0. The Labute approximate surface area is 170 Å². The molecule has 154 valence electrons. The molecule has 0 fully saturated rings. The molecule has 3 N–H and O–H groups in total. The van der Waals surface area contributed by atoms with Crippen LogP contribution in [0.5, 0.6) is 5.75 Å². The minimum Gasteiger partial charge on any atom is -0.490 e. The fraction of sp³-hybridized carbons (Fsp3) is 0.409. The molecule has 29 heavy (non-hydrogen) atoms. The summed E-state index contributed by atoms with van der Waals surface area (Å²) >= 11 is 0. The Bertz CT molecular complexity index is 928. The molecule has 1 atom stereocenters. The van der Waals surface area contributed by atoms with Crippen molar-refractivity contribution in [1.29, 1.82) is 0 Å². The zero-order valence-corrected chi connectivity index (χ0v) is 17.3.